The lowest BCUT2D eigenvalue weighted by atomic mass is 10.1. The highest BCUT2D eigenvalue weighted by Crippen LogP contribution is 2.27. The molecule has 2 amide bonds. The summed E-state index contributed by atoms with van der Waals surface area (Å²) < 4.78 is 29.2. The van der Waals surface area contributed by atoms with E-state index in [1.165, 1.54) is 4.90 Å². The van der Waals surface area contributed by atoms with Crippen LogP contribution in [-0.2, 0) is 26.2 Å². The molecule has 3 aromatic carbocycles. The van der Waals surface area contributed by atoms with Crippen LogP contribution in [0.15, 0.2) is 71.6 Å². The maximum atomic E-state index is 14.1. The highest BCUT2D eigenvalue weighted by atomic mass is 32.2. The fourth-order valence-corrected chi connectivity index (χ4v) is 5.88. The quantitative estimate of drug-likeness (QED) is 0.336. The average Bonchev–Trinajstić information content (AvgIpc) is 2.90. The van der Waals surface area contributed by atoms with Crippen molar-refractivity contribution in [1.29, 1.82) is 0 Å². The molecule has 2 atom stereocenters. The summed E-state index contributed by atoms with van der Waals surface area (Å²) in [4.78, 5) is 28.8. The Bertz CT molecular complexity index is 1430. The topological polar surface area (TPSA) is 86.8 Å². The fourth-order valence-electron chi connectivity index (χ4n) is 4.48. The Labute approximate surface area is 239 Å². The van der Waals surface area contributed by atoms with Crippen LogP contribution in [0.1, 0.15) is 55.0 Å². The Morgan fingerprint density at radius 2 is 1.45 bits per heavy atom. The molecule has 0 fully saturated rings. The van der Waals surface area contributed by atoms with Gasteiger partial charge in [-0.15, -0.1) is 0 Å². The van der Waals surface area contributed by atoms with Crippen LogP contribution in [0.3, 0.4) is 0 Å². The van der Waals surface area contributed by atoms with Crippen molar-refractivity contribution in [3.05, 3.63) is 94.5 Å². The number of hydrogen-bond donors (Lipinski definition) is 1. The summed E-state index contributed by atoms with van der Waals surface area (Å²) in [7, 11) is -4.10. The third-order valence-corrected chi connectivity index (χ3v) is 8.94. The van der Waals surface area contributed by atoms with Crippen molar-refractivity contribution in [2.45, 2.75) is 78.4 Å². The molecule has 0 saturated heterocycles. The lowest BCUT2D eigenvalue weighted by Crippen LogP contribution is -2.52. The van der Waals surface area contributed by atoms with Gasteiger partial charge in [0.25, 0.3) is 10.0 Å². The van der Waals surface area contributed by atoms with Gasteiger partial charge in [-0.2, -0.15) is 0 Å². The molecule has 0 aliphatic heterocycles. The van der Waals surface area contributed by atoms with E-state index in [1.54, 1.807) is 43.3 Å². The smallest absolute Gasteiger partial charge is 0.264 e. The molecular weight excluding hydrogens is 522 g/mol. The van der Waals surface area contributed by atoms with Crippen molar-refractivity contribution < 1.29 is 18.0 Å². The number of anilines is 1. The van der Waals surface area contributed by atoms with Crippen LogP contribution in [0.5, 0.6) is 0 Å². The summed E-state index contributed by atoms with van der Waals surface area (Å²) in [6.45, 7) is 12.9. The van der Waals surface area contributed by atoms with Crippen LogP contribution in [0.2, 0.25) is 0 Å². The predicted octanol–water partition coefficient (Wildman–Crippen LogP) is 5.45. The van der Waals surface area contributed by atoms with Crippen LogP contribution in [0.25, 0.3) is 0 Å². The molecule has 3 aromatic rings. The van der Waals surface area contributed by atoms with Crippen molar-refractivity contribution in [3.8, 4) is 0 Å². The first-order chi connectivity index (χ1) is 18.8. The van der Waals surface area contributed by atoms with Gasteiger partial charge in [-0.1, -0.05) is 55.0 Å². The molecule has 0 bridgehead atoms. The Morgan fingerprint density at radius 3 is 2.02 bits per heavy atom. The molecule has 0 aliphatic rings. The molecule has 0 aromatic heterocycles. The molecular formula is C32H41N3O4S. The predicted molar refractivity (Wildman–Crippen MR) is 161 cm³/mol. The van der Waals surface area contributed by atoms with E-state index in [9.17, 15) is 18.0 Å². The van der Waals surface area contributed by atoms with Gasteiger partial charge in [0.2, 0.25) is 11.8 Å². The molecule has 0 saturated carbocycles. The largest absolute Gasteiger partial charge is 0.352 e. The number of carbonyl (C=O) groups is 2. The average molecular weight is 564 g/mol. The molecule has 0 unspecified atom stereocenters. The maximum absolute atomic E-state index is 14.1. The second-order valence-corrected chi connectivity index (χ2v) is 12.5. The van der Waals surface area contributed by atoms with E-state index >= 15 is 0 Å². The molecule has 8 heteroatoms. The third-order valence-electron chi connectivity index (χ3n) is 7.15. The monoisotopic (exact) mass is 563 g/mol. The molecule has 40 heavy (non-hydrogen) atoms. The van der Waals surface area contributed by atoms with Gasteiger partial charge in [-0.3, -0.25) is 13.9 Å². The van der Waals surface area contributed by atoms with Crippen LogP contribution < -0.4 is 9.62 Å². The Hall–Kier alpha value is -3.65. The molecule has 0 radical (unpaired) electrons. The first kappa shape index (κ1) is 30.9. The van der Waals surface area contributed by atoms with Gasteiger partial charge in [-0.05, 0) is 94.5 Å². The number of benzene rings is 3. The molecule has 7 nitrogen and oxygen atoms in total. The first-order valence-electron chi connectivity index (χ1n) is 13.7. The highest BCUT2D eigenvalue weighted by molar-refractivity contribution is 7.92. The summed E-state index contributed by atoms with van der Waals surface area (Å²) in [6, 6.07) is 18.9. The molecule has 3 rings (SSSR count). The normalized spacial score (nSPS) is 12.9. The van der Waals surface area contributed by atoms with E-state index in [0.29, 0.717) is 5.69 Å². The molecule has 0 heterocycles. The van der Waals surface area contributed by atoms with Gasteiger partial charge in [0.05, 0.1) is 10.6 Å². The lowest BCUT2D eigenvalue weighted by molar-refractivity contribution is -0.139. The van der Waals surface area contributed by atoms with Crippen molar-refractivity contribution in [2.75, 3.05) is 10.8 Å². The second kappa shape index (κ2) is 13.1. The van der Waals surface area contributed by atoms with Crippen LogP contribution in [0, 0.1) is 27.7 Å². The summed E-state index contributed by atoms with van der Waals surface area (Å²) in [5.41, 5.74) is 4.96. The van der Waals surface area contributed by atoms with E-state index < -0.39 is 28.5 Å². The number of nitrogens with zero attached hydrogens (tertiary/aromatic N) is 2. The highest BCUT2D eigenvalue weighted by Gasteiger charge is 2.33. The van der Waals surface area contributed by atoms with E-state index in [4.69, 9.17) is 0 Å². The summed E-state index contributed by atoms with van der Waals surface area (Å²) in [5, 5.41) is 2.96. The number of hydrogen-bond acceptors (Lipinski definition) is 4. The van der Waals surface area contributed by atoms with Gasteiger partial charge in [0.15, 0.2) is 0 Å². The zero-order valence-corrected chi connectivity index (χ0v) is 25.4. The van der Waals surface area contributed by atoms with Crippen LogP contribution in [0.4, 0.5) is 5.69 Å². The number of rotatable bonds is 11. The SMILES string of the molecule is CC[C@H](C)NC(=O)[C@H](C)N(Cc1ccccc1C)C(=O)CN(c1cc(C)cc(C)c1)S(=O)(=O)c1ccc(C)cc1. The Kier molecular flexibility index (Phi) is 10.1. The van der Waals surface area contributed by atoms with Gasteiger partial charge < -0.3 is 10.2 Å². The third kappa shape index (κ3) is 7.50. The van der Waals surface area contributed by atoms with E-state index in [1.807, 2.05) is 71.9 Å². The minimum atomic E-state index is -4.10. The second-order valence-electron chi connectivity index (χ2n) is 10.6. The number of amides is 2. The van der Waals surface area contributed by atoms with Crippen LogP contribution >= 0.6 is 0 Å². The fraction of sp³-hybridized carbons (Fsp3) is 0.375. The lowest BCUT2D eigenvalue weighted by Gasteiger charge is -2.33. The standard InChI is InChI=1S/C32H41N3O4S/c1-8-26(6)33-32(37)27(7)34(20-28-12-10-9-11-25(28)5)31(36)21-35(29-18-23(3)17-24(4)19-29)40(38,39)30-15-13-22(2)14-16-30/h9-19,26-27H,8,20-21H2,1-7H3,(H,33,37)/t26-,27-/m0/s1. The Balaban J connectivity index is 2.07. The van der Waals surface area contributed by atoms with Crippen molar-refractivity contribution >= 4 is 27.5 Å². The summed E-state index contributed by atoms with van der Waals surface area (Å²) in [5.74, 6) is -0.750. The van der Waals surface area contributed by atoms with Gasteiger partial charge in [0, 0.05) is 12.6 Å². The van der Waals surface area contributed by atoms with Crippen molar-refractivity contribution in [1.82, 2.24) is 10.2 Å². The number of aryl methyl sites for hydroxylation is 4. The van der Waals surface area contributed by atoms with Gasteiger partial charge in [0.1, 0.15) is 12.6 Å². The van der Waals surface area contributed by atoms with E-state index in [0.717, 1.165) is 38.5 Å². The minimum absolute atomic E-state index is 0.0564. The minimum Gasteiger partial charge on any atom is -0.352 e. The van der Waals surface area contributed by atoms with Crippen molar-refractivity contribution in [3.63, 3.8) is 0 Å². The zero-order valence-electron chi connectivity index (χ0n) is 24.6. The summed E-state index contributed by atoms with van der Waals surface area (Å²) in [6.07, 6.45) is 0.749. The molecule has 0 aliphatic carbocycles. The first-order valence-corrected chi connectivity index (χ1v) is 15.1. The van der Waals surface area contributed by atoms with Crippen LogP contribution in [-0.4, -0.2) is 43.8 Å². The molecule has 1 N–H and O–H groups in total. The number of nitrogens with one attached hydrogen (secondary N) is 1. The van der Waals surface area contributed by atoms with Crippen molar-refractivity contribution in [2.24, 2.45) is 0 Å². The van der Waals surface area contributed by atoms with E-state index in [-0.39, 0.29) is 23.4 Å². The number of carbonyl (C=O) groups excluding carboxylic acids is 2. The van der Waals surface area contributed by atoms with E-state index in [2.05, 4.69) is 5.32 Å². The van der Waals surface area contributed by atoms with Gasteiger partial charge >= 0.3 is 0 Å². The summed E-state index contributed by atoms with van der Waals surface area (Å²) >= 11 is 0. The Morgan fingerprint density at radius 1 is 0.850 bits per heavy atom. The molecule has 0 spiro atoms. The molecule has 214 valence electrons. The van der Waals surface area contributed by atoms with Gasteiger partial charge in [-0.25, -0.2) is 8.42 Å². The zero-order chi connectivity index (χ0) is 29.6. The maximum Gasteiger partial charge on any atom is 0.264 e. The number of sulfonamides is 1.